The maximum absolute atomic E-state index is 14.3. The highest BCUT2D eigenvalue weighted by atomic mass is 16.5. The molecule has 2 unspecified atom stereocenters. The molecule has 5 rings (SSSR count). The second kappa shape index (κ2) is 10.6. The first-order valence-electron chi connectivity index (χ1n) is 14.3. The number of carbonyl (C=O) groups excluding carboxylic acids is 3. The van der Waals surface area contributed by atoms with Gasteiger partial charge in [-0.2, -0.15) is 0 Å². The van der Waals surface area contributed by atoms with Gasteiger partial charge in [-0.05, 0) is 68.7 Å². The van der Waals surface area contributed by atoms with Crippen LogP contribution in [-0.2, 0) is 25.7 Å². The first kappa shape index (κ1) is 28.3. The Morgan fingerprint density at radius 1 is 1.10 bits per heavy atom. The van der Waals surface area contributed by atoms with Crippen LogP contribution in [-0.4, -0.2) is 57.6 Å². The van der Waals surface area contributed by atoms with Gasteiger partial charge in [-0.15, -0.1) is 0 Å². The van der Waals surface area contributed by atoms with Gasteiger partial charge >= 0.3 is 0 Å². The van der Waals surface area contributed by atoms with Crippen molar-refractivity contribution < 1.29 is 24.2 Å². The molecule has 0 radical (unpaired) electrons. The quantitative estimate of drug-likeness (QED) is 0.444. The summed E-state index contributed by atoms with van der Waals surface area (Å²) < 4.78 is 6.72. The Kier molecular flexibility index (Phi) is 7.52. The molecular weight excluding hydrogens is 506 g/mol. The van der Waals surface area contributed by atoms with E-state index in [2.05, 4.69) is 10.6 Å². The lowest BCUT2D eigenvalue weighted by molar-refractivity contribution is -0.148. The summed E-state index contributed by atoms with van der Waals surface area (Å²) in [6.07, 6.45) is 1.58. The smallest absolute Gasteiger partial charge is 0.250 e. The summed E-state index contributed by atoms with van der Waals surface area (Å²) in [6.45, 7) is 9.89. The second-order valence-corrected chi connectivity index (χ2v) is 12.5. The fourth-order valence-corrected chi connectivity index (χ4v) is 7.24. The monoisotopic (exact) mass is 547 g/mol. The van der Waals surface area contributed by atoms with Gasteiger partial charge in [0, 0.05) is 12.2 Å². The number of nitrogens with one attached hydrogen (secondary N) is 2. The highest BCUT2D eigenvalue weighted by Gasteiger charge is 2.78. The number of carbonyl (C=O) groups is 3. The van der Waals surface area contributed by atoms with Crippen LogP contribution >= 0.6 is 0 Å². The van der Waals surface area contributed by atoms with Crippen molar-refractivity contribution in [2.75, 3.05) is 11.9 Å². The van der Waals surface area contributed by atoms with Crippen LogP contribution in [0.25, 0.3) is 0 Å². The lowest BCUT2D eigenvalue weighted by Gasteiger charge is -2.37. The van der Waals surface area contributed by atoms with Crippen LogP contribution in [0.3, 0.4) is 0 Å². The molecule has 3 amide bonds. The zero-order valence-corrected chi connectivity index (χ0v) is 24.1. The van der Waals surface area contributed by atoms with Gasteiger partial charge in [0.1, 0.15) is 11.6 Å². The van der Waals surface area contributed by atoms with E-state index in [9.17, 15) is 19.5 Å². The van der Waals surface area contributed by atoms with Crippen molar-refractivity contribution in [1.82, 2.24) is 10.2 Å². The lowest BCUT2D eigenvalue weighted by atomic mass is 9.66. The Morgan fingerprint density at radius 2 is 1.82 bits per heavy atom. The van der Waals surface area contributed by atoms with Gasteiger partial charge in [0.15, 0.2) is 0 Å². The third-order valence-electron chi connectivity index (χ3n) is 9.05. The maximum Gasteiger partial charge on any atom is 0.250 e. The first-order valence-corrected chi connectivity index (χ1v) is 14.3. The normalized spacial score (nSPS) is 29.5. The van der Waals surface area contributed by atoms with Crippen LogP contribution in [0.2, 0.25) is 0 Å². The molecule has 3 aliphatic rings. The number of nitrogens with zero attached hydrogens (tertiary/aromatic N) is 1. The molecule has 6 atom stereocenters. The van der Waals surface area contributed by atoms with Crippen LogP contribution < -0.4 is 10.6 Å². The molecule has 0 aromatic heterocycles. The molecule has 2 bridgehead atoms. The summed E-state index contributed by atoms with van der Waals surface area (Å²) in [5.74, 6) is -2.24. The predicted octanol–water partition coefficient (Wildman–Crippen LogP) is 3.73. The van der Waals surface area contributed by atoms with Crippen molar-refractivity contribution in [3.63, 3.8) is 0 Å². The van der Waals surface area contributed by atoms with Gasteiger partial charge in [-0.1, -0.05) is 56.3 Å². The van der Waals surface area contributed by atoms with Crippen LogP contribution in [0.1, 0.15) is 56.7 Å². The molecule has 2 aromatic carbocycles. The molecule has 8 nitrogen and oxygen atoms in total. The average molecular weight is 548 g/mol. The molecule has 0 aliphatic carbocycles. The summed E-state index contributed by atoms with van der Waals surface area (Å²) in [5.41, 5.74) is 1.54. The third-order valence-corrected chi connectivity index (χ3v) is 9.05. The Morgan fingerprint density at radius 3 is 2.50 bits per heavy atom. The molecule has 8 heteroatoms. The number of fused-ring (bicyclic) bond motifs is 1. The van der Waals surface area contributed by atoms with Crippen LogP contribution in [0.15, 0.2) is 48.5 Å². The molecule has 2 aromatic rings. The number of hydrogen-bond acceptors (Lipinski definition) is 5. The van der Waals surface area contributed by atoms with E-state index in [0.717, 1.165) is 16.7 Å². The van der Waals surface area contributed by atoms with Crippen LogP contribution in [0.5, 0.6) is 0 Å². The Labute approximate surface area is 236 Å². The van der Waals surface area contributed by atoms with Crippen molar-refractivity contribution in [3.05, 3.63) is 65.2 Å². The summed E-state index contributed by atoms with van der Waals surface area (Å²) in [4.78, 5) is 43.8. The molecule has 0 saturated carbocycles. The minimum atomic E-state index is -1.15. The molecule has 3 saturated heterocycles. The van der Waals surface area contributed by atoms with Gasteiger partial charge in [0.2, 0.25) is 17.7 Å². The zero-order chi connectivity index (χ0) is 28.8. The Balaban J connectivity index is 1.52. The fraction of sp³-hybridized carbons (Fsp3) is 0.531. The SMILES string of the molecule is Cc1ccc(C)c(NC(=O)C2N([C@@H](CO)CC(C)C)C(=O)[C@@H]3[C@H](C(=O)NCc4ccccc4)[C@]4(C)CCC23O4)c1. The van der Waals surface area contributed by atoms with Crippen molar-refractivity contribution >= 4 is 23.4 Å². The van der Waals surface area contributed by atoms with E-state index in [0.29, 0.717) is 31.5 Å². The van der Waals surface area contributed by atoms with Gasteiger partial charge in [-0.25, -0.2) is 0 Å². The number of rotatable bonds is 9. The van der Waals surface area contributed by atoms with Gasteiger partial charge in [-0.3, -0.25) is 14.4 Å². The lowest BCUT2D eigenvalue weighted by Crippen LogP contribution is -2.56. The van der Waals surface area contributed by atoms with E-state index in [-0.39, 0.29) is 30.2 Å². The minimum absolute atomic E-state index is 0.186. The summed E-state index contributed by atoms with van der Waals surface area (Å²) in [5, 5.41) is 16.5. The summed E-state index contributed by atoms with van der Waals surface area (Å²) in [7, 11) is 0. The number of benzene rings is 2. The highest BCUT2D eigenvalue weighted by molar-refractivity contribution is 6.04. The molecule has 3 N–H and O–H groups in total. The largest absolute Gasteiger partial charge is 0.394 e. The van der Waals surface area contributed by atoms with Gasteiger partial charge < -0.3 is 25.4 Å². The molecule has 3 fully saturated rings. The van der Waals surface area contributed by atoms with Gasteiger partial charge in [0.05, 0.1) is 30.1 Å². The standard InChI is InChI=1S/C32H41N3O5/c1-19(2)15-23(18-36)35-27(29(38)34-24-16-20(3)11-12-21(24)4)32-14-13-31(5,40-32)25(26(32)30(35)39)28(37)33-17-22-9-7-6-8-10-22/h6-12,16,19,23,25-27,36H,13-15,17-18H2,1-5H3,(H,33,37)(H,34,38)/t23-,25-,26+,27?,31+,32?/m1/s1. The second-order valence-electron chi connectivity index (χ2n) is 12.5. The molecule has 40 heavy (non-hydrogen) atoms. The van der Waals surface area contributed by atoms with Crippen molar-refractivity contribution in [1.29, 1.82) is 0 Å². The molecule has 1 spiro atoms. The van der Waals surface area contributed by atoms with Crippen LogP contribution in [0, 0.1) is 31.6 Å². The number of amides is 3. The number of aryl methyl sites for hydroxylation is 2. The van der Waals surface area contributed by atoms with Crippen molar-refractivity contribution in [3.8, 4) is 0 Å². The van der Waals surface area contributed by atoms with E-state index in [1.54, 1.807) is 4.90 Å². The molecule has 3 aliphatic heterocycles. The number of hydrogen-bond donors (Lipinski definition) is 3. The van der Waals surface area contributed by atoms with Crippen molar-refractivity contribution in [2.24, 2.45) is 17.8 Å². The topological polar surface area (TPSA) is 108 Å². The maximum atomic E-state index is 14.3. The summed E-state index contributed by atoms with van der Waals surface area (Å²) in [6, 6.07) is 13.9. The van der Waals surface area contributed by atoms with Crippen molar-refractivity contribution in [2.45, 2.75) is 83.7 Å². The van der Waals surface area contributed by atoms with Crippen LogP contribution in [0.4, 0.5) is 5.69 Å². The average Bonchev–Trinajstić information content (AvgIpc) is 3.49. The zero-order valence-electron chi connectivity index (χ0n) is 24.1. The van der Waals surface area contributed by atoms with E-state index in [4.69, 9.17) is 4.74 Å². The fourth-order valence-electron chi connectivity index (χ4n) is 7.24. The summed E-state index contributed by atoms with van der Waals surface area (Å²) >= 11 is 0. The Bertz CT molecular complexity index is 1300. The van der Waals surface area contributed by atoms with Gasteiger partial charge in [0.25, 0.3) is 0 Å². The number of anilines is 1. The molecular formula is C32H41N3O5. The number of aliphatic hydroxyl groups excluding tert-OH is 1. The number of aliphatic hydroxyl groups is 1. The number of ether oxygens (including phenoxy) is 1. The highest BCUT2D eigenvalue weighted by Crippen LogP contribution is 2.63. The van der Waals surface area contributed by atoms with E-state index in [1.807, 2.05) is 83.1 Å². The Hall–Kier alpha value is -3.23. The van der Waals surface area contributed by atoms with E-state index in [1.165, 1.54) is 0 Å². The first-order chi connectivity index (χ1) is 19.0. The van der Waals surface area contributed by atoms with E-state index >= 15 is 0 Å². The molecule has 3 heterocycles. The molecule has 214 valence electrons. The minimum Gasteiger partial charge on any atom is -0.394 e. The van der Waals surface area contributed by atoms with E-state index < -0.39 is 35.1 Å². The predicted molar refractivity (Wildman–Crippen MR) is 152 cm³/mol. The number of likely N-dealkylation sites (tertiary alicyclic amines) is 1. The third kappa shape index (κ3) is 4.71.